The van der Waals surface area contributed by atoms with Gasteiger partial charge in [0.2, 0.25) is 5.91 Å². The van der Waals surface area contributed by atoms with Crippen molar-refractivity contribution in [3.8, 4) is 0 Å². The minimum atomic E-state index is -0.988. The first kappa shape index (κ1) is 27.1. The molecule has 0 bridgehead atoms. The third-order valence-electron chi connectivity index (χ3n) is 7.14. The van der Waals surface area contributed by atoms with Crippen LogP contribution >= 0.6 is 11.5 Å². The number of carbonyl (C=O) groups excluding carboxylic acids is 3. The van der Waals surface area contributed by atoms with Crippen LogP contribution in [0, 0.1) is 13.8 Å². The van der Waals surface area contributed by atoms with Crippen LogP contribution in [0.3, 0.4) is 0 Å². The number of nitrogens with one attached hydrogen (secondary N) is 1. The molecule has 5 N–H and O–H groups in total. The van der Waals surface area contributed by atoms with E-state index in [-0.39, 0.29) is 28.2 Å². The van der Waals surface area contributed by atoms with Crippen molar-refractivity contribution in [1.82, 2.24) is 9.69 Å². The predicted molar refractivity (Wildman–Crippen MR) is 152 cm³/mol. The summed E-state index contributed by atoms with van der Waals surface area (Å²) in [7, 11) is 3.88. The molecule has 1 aliphatic carbocycles. The Labute approximate surface area is 227 Å². The lowest BCUT2D eigenvalue weighted by Crippen LogP contribution is -2.46. The van der Waals surface area contributed by atoms with Crippen molar-refractivity contribution < 1.29 is 14.4 Å². The Balaban J connectivity index is 1.90. The zero-order valence-corrected chi connectivity index (χ0v) is 23.0. The fourth-order valence-electron chi connectivity index (χ4n) is 4.82. The maximum absolute atomic E-state index is 14.3. The Morgan fingerprint density at radius 1 is 1.05 bits per heavy atom. The number of carbonyl (C=O) groups is 3. The Morgan fingerprint density at radius 3 is 2.29 bits per heavy atom. The monoisotopic (exact) mass is 534 g/mol. The van der Waals surface area contributed by atoms with E-state index in [1.807, 2.05) is 75.3 Å². The number of aromatic nitrogens is 1. The van der Waals surface area contributed by atoms with Crippen LogP contribution < -0.4 is 26.6 Å². The maximum atomic E-state index is 14.3. The van der Waals surface area contributed by atoms with Gasteiger partial charge in [0, 0.05) is 31.5 Å². The minimum absolute atomic E-state index is 0.0524. The smallest absolute Gasteiger partial charge is 0.273 e. The summed E-state index contributed by atoms with van der Waals surface area (Å²) in [5, 5.41) is 3.18. The molecule has 1 heterocycles. The summed E-state index contributed by atoms with van der Waals surface area (Å²) in [6.07, 6.45) is 3.92. The van der Waals surface area contributed by atoms with Gasteiger partial charge in [0.1, 0.15) is 10.9 Å². The van der Waals surface area contributed by atoms with E-state index >= 15 is 0 Å². The summed E-state index contributed by atoms with van der Waals surface area (Å²) in [4.78, 5) is 43.6. The van der Waals surface area contributed by atoms with Crippen molar-refractivity contribution in [3.63, 3.8) is 0 Å². The molecule has 9 nitrogen and oxygen atoms in total. The van der Waals surface area contributed by atoms with E-state index < -0.39 is 17.9 Å². The second-order valence-corrected chi connectivity index (χ2v) is 10.7. The van der Waals surface area contributed by atoms with Gasteiger partial charge in [0.15, 0.2) is 5.69 Å². The molecule has 1 aromatic heterocycles. The molecular formula is C28H34N6O3S. The highest BCUT2D eigenvalue weighted by atomic mass is 32.1. The molecule has 2 aromatic carbocycles. The molecule has 3 aromatic rings. The SMILES string of the molecule is Cc1cccc(N(C(=O)c2snc(C(N)=O)c2N)[C@H](C(=O)NC2CCCC2)c2ccc(N(C)C)cc2)c1C. The lowest BCUT2D eigenvalue weighted by atomic mass is 9.99. The van der Waals surface area contributed by atoms with E-state index in [2.05, 4.69) is 9.69 Å². The molecule has 3 amide bonds. The van der Waals surface area contributed by atoms with E-state index in [1.54, 1.807) is 0 Å². The second kappa shape index (κ2) is 11.2. The van der Waals surface area contributed by atoms with Crippen LogP contribution in [0.4, 0.5) is 17.1 Å². The van der Waals surface area contributed by atoms with Crippen LogP contribution in [0.2, 0.25) is 0 Å². The van der Waals surface area contributed by atoms with Crippen molar-refractivity contribution in [2.24, 2.45) is 5.73 Å². The Kier molecular flexibility index (Phi) is 8.01. The molecule has 200 valence electrons. The molecule has 1 fully saturated rings. The van der Waals surface area contributed by atoms with Crippen molar-refractivity contribution in [2.45, 2.75) is 51.6 Å². The van der Waals surface area contributed by atoms with E-state index in [0.717, 1.165) is 54.0 Å². The van der Waals surface area contributed by atoms with Crippen molar-refractivity contribution >= 4 is 46.3 Å². The number of primary amides is 1. The number of hydrogen-bond acceptors (Lipinski definition) is 7. The quantitative estimate of drug-likeness (QED) is 0.401. The van der Waals surface area contributed by atoms with Crippen LogP contribution in [0.25, 0.3) is 0 Å². The number of aryl methyl sites for hydroxylation is 1. The number of benzene rings is 2. The van der Waals surface area contributed by atoms with Gasteiger partial charge in [0.05, 0.1) is 5.69 Å². The Hall–Kier alpha value is -3.92. The average Bonchev–Trinajstić information content (AvgIpc) is 3.53. The van der Waals surface area contributed by atoms with Gasteiger partial charge < -0.3 is 21.7 Å². The van der Waals surface area contributed by atoms with E-state index in [1.165, 1.54) is 4.90 Å². The number of nitrogens with zero attached hydrogens (tertiary/aromatic N) is 3. The van der Waals surface area contributed by atoms with Crippen molar-refractivity contribution in [2.75, 3.05) is 29.6 Å². The van der Waals surface area contributed by atoms with Crippen LogP contribution in [0.15, 0.2) is 42.5 Å². The molecule has 0 radical (unpaired) electrons. The van der Waals surface area contributed by atoms with Gasteiger partial charge in [-0.15, -0.1) is 0 Å². The third-order valence-corrected chi connectivity index (χ3v) is 7.99. The zero-order valence-electron chi connectivity index (χ0n) is 22.2. The molecule has 0 aliphatic heterocycles. The summed E-state index contributed by atoms with van der Waals surface area (Å²) >= 11 is 0.804. The highest BCUT2D eigenvalue weighted by molar-refractivity contribution is 7.09. The van der Waals surface area contributed by atoms with Gasteiger partial charge in [-0.05, 0) is 73.1 Å². The number of nitrogens with two attached hydrogens (primary N) is 2. The van der Waals surface area contributed by atoms with E-state index in [9.17, 15) is 14.4 Å². The third kappa shape index (κ3) is 5.35. The number of hydrogen-bond donors (Lipinski definition) is 3. The Bertz CT molecular complexity index is 1350. The van der Waals surface area contributed by atoms with Gasteiger partial charge in [-0.2, -0.15) is 4.37 Å². The first-order valence-electron chi connectivity index (χ1n) is 12.6. The molecule has 10 heteroatoms. The Morgan fingerprint density at radius 2 is 1.71 bits per heavy atom. The maximum Gasteiger partial charge on any atom is 0.273 e. The molecule has 1 saturated carbocycles. The molecule has 1 atom stereocenters. The van der Waals surface area contributed by atoms with Crippen molar-refractivity contribution in [3.05, 3.63) is 69.7 Å². The standard InChI is InChI=1S/C28H34N6O3S/c1-16-8-7-11-21(17(16)2)34(28(37)25-22(29)23(26(30)35)32-38-25)24(27(36)31-19-9-5-6-10-19)18-12-14-20(15-13-18)33(3)4/h7-8,11-15,19,24H,5-6,9-10,29H2,1-4H3,(H2,30,35)(H,31,36)/t24-/m0/s1. The summed E-state index contributed by atoms with van der Waals surface area (Å²) in [6, 6.07) is 12.3. The lowest BCUT2D eigenvalue weighted by Gasteiger charge is -2.33. The molecule has 0 spiro atoms. The first-order chi connectivity index (χ1) is 18.1. The van der Waals surface area contributed by atoms with E-state index in [4.69, 9.17) is 11.5 Å². The second-order valence-electron chi connectivity index (χ2n) is 9.91. The lowest BCUT2D eigenvalue weighted by molar-refractivity contribution is -0.123. The number of nitrogen functional groups attached to an aromatic ring is 1. The normalized spacial score (nSPS) is 14.2. The number of anilines is 3. The van der Waals surface area contributed by atoms with Crippen molar-refractivity contribution in [1.29, 1.82) is 0 Å². The topological polar surface area (TPSA) is 135 Å². The summed E-state index contributed by atoms with van der Waals surface area (Å²) < 4.78 is 4.03. The number of amides is 3. The molecule has 0 unspecified atom stereocenters. The highest BCUT2D eigenvalue weighted by Crippen LogP contribution is 2.36. The average molecular weight is 535 g/mol. The largest absolute Gasteiger partial charge is 0.395 e. The summed E-state index contributed by atoms with van der Waals surface area (Å²) in [5.41, 5.74) is 15.4. The summed E-state index contributed by atoms with van der Waals surface area (Å²) in [6.45, 7) is 3.87. The first-order valence-corrected chi connectivity index (χ1v) is 13.4. The van der Waals surface area contributed by atoms with Gasteiger partial charge in [0.25, 0.3) is 11.8 Å². The van der Waals surface area contributed by atoms with Crippen LogP contribution in [0.1, 0.15) is 68.6 Å². The fraction of sp³-hybridized carbons (Fsp3) is 0.357. The van der Waals surface area contributed by atoms with Gasteiger partial charge in [-0.3, -0.25) is 19.3 Å². The molecular weight excluding hydrogens is 500 g/mol. The van der Waals surface area contributed by atoms with E-state index in [0.29, 0.717) is 11.3 Å². The molecule has 0 saturated heterocycles. The predicted octanol–water partition coefficient (Wildman–Crippen LogP) is 3.95. The van der Waals surface area contributed by atoms with Gasteiger partial charge in [-0.25, -0.2) is 0 Å². The molecule has 38 heavy (non-hydrogen) atoms. The number of rotatable bonds is 8. The van der Waals surface area contributed by atoms with Crippen LogP contribution in [-0.4, -0.2) is 42.2 Å². The zero-order chi connectivity index (χ0) is 27.6. The summed E-state index contributed by atoms with van der Waals surface area (Å²) in [5.74, 6) is -1.61. The van der Waals surface area contributed by atoms with Gasteiger partial charge >= 0.3 is 0 Å². The molecule has 1 aliphatic rings. The highest BCUT2D eigenvalue weighted by Gasteiger charge is 2.37. The molecule has 4 rings (SSSR count). The van der Waals surface area contributed by atoms with Crippen LogP contribution in [0.5, 0.6) is 0 Å². The van der Waals surface area contributed by atoms with Gasteiger partial charge in [-0.1, -0.05) is 37.1 Å². The van der Waals surface area contributed by atoms with Crippen LogP contribution in [-0.2, 0) is 4.79 Å². The fourth-order valence-corrected chi connectivity index (χ4v) is 5.57. The minimum Gasteiger partial charge on any atom is -0.395 e.